The topological polar surface area (TPSA) is 26.3 Å². The molecule has 308 valence electrons. The van der Waals surface area contributed by atoms with Crippen LogP contribution in [0, 0.1) is 0 Å². The zero-order chi connectivity index (χ0) is 37.4. The Morgan fingerprint density at radius 1 is 0.462 bits per heavy atom. The Kier molecular flexibility index (Phi) is 43.9. The van der Waals surface area contributed by atoms with E-state index in [4.69, 9.17) is 4.74 Å². The molecular formula is C48H92BrNO2. The number of carbonyl (C=O) groups is 1. The molecule has 0 unspecified atom stereocenters. The highest BCUT2D eigenvalue weighted by molar-refractivity contribution is 5.65. The van der Waals surface area contributed by atoms with Gasteiger partial charge < -0.3 is 26.2 Å². The first-order valence-electron chi connectivity index (χ1n) is 22.9. The normalized spacial score (nSPS) is 11.2. The largest absolute Gasteiger partial charge is 1.00 e. The molecule has 0 amide bonds. The Morgan fingerprint density at radius 2 is 0.731 bits per heavy atom. The first-order valence-corrected chi connectivity index (χ1v) is 22.9. The molecule has 0 radical (unpaired) electrons. The van der Waals surface area contributed by atoms with Gasteiger partial charge in [-0.2, -0.15) is 0 Å². The van der Waals surface area contributed by atoms with Gasteiger partial charge in [-0.15, -0.1) is 0 Å². The first kappa shape index (κ1) is 53.2. The highest BCUT2D eigenvalue weighted by Crippen LogP contribution is 2.16. The van der Waals surface area contributed by atoms with Crippen LogP contribution in [0.1, 0.15) is 232 Å². The van der Waals surface area contributed by atoms with Crippen molar-refractivity contribution in [3.63, 3.8) is 0 Å². The monoisotopic (exact) mass is 794 g/mol. The average Bonchev–Trinajstić information content (AvgIpc) is 3.12. The number of nitrogens with zero attached hydrogens (tertiary/aromatic N) is 1. The maximum Gasteiger partial charge on any atom is 0.302 e. The van der Waals surface area contributed by atoms with Gasteiger partial charge in [0.25, 0.3) is 0 Å². The molecule has 1 rings (SSSR count). The van der Waals surface area contributed by atoms with E-state index in [0.29, 0.717) is 6.61 Å². The van der Waals surface area contributed by atoms with Gasteiger partial charge in [0, 0.05) is 13.3 Å². The molecule has 0 bridgehead atoms. The van der Waals surface area contributed by atoms with E-state index in [-0.39, 0.29) is 23.0 Å². The van der Waals surface area contributed by atoms with Crippen molar-refractivity contribution in [3.8, 4) is 0 Å². The van der Waals surface area contributed by atoms with Gasteiger partial charge in [-0.3, -0.25) is 4.79 Å². The number of esters is 1. The molecule has 0 fully saturated rings. The van der Waals surface area contributed by atoms with Crippen LogP contribution in [0.2, 0.25) is 0 Å². The van der Waals surface area contributed by atoms with Crippen molar-refractivity contribution >= 4 is 5.97 Å². The number of hydrogen-bond acceptors (Lipinski definition) is 2. The Bertz CT molecular complexity index is 776. The van der Waals surface area contributed by atoms with E-state index in [1.54, 1.807) is 0 Å². The van der Waals surface area contributed by atoms with E-state index in [2.05, 4.69) is 27.9 Å². The summed E-state index contributed by atoms with van der Waals surface area (Å²) in [4.78, 5) is 10.4. The Hall–Kier alpha value is -0.870. The van der Waals surface area contributed by atoms with Crippen molar-refractivity contribution in [2.24, 2.45) is 0 Å². The summed E-state index contributed by atoms with van der Waals surface area (Å²) in [5, 5.41) is 0. The molecule has 4 heteroatoms. The molecule has 52 heavy (non-hydrogen) atoms. The zero-order valence-electron chi connectivity index (χ0n) is 36.0. The molecule has 3 nitrogen and oxygen atoms in total. The molecule has 0 aliphatic carbocycles. The molecule has 1 aromatic carbocycles. The van der Waals surface area contributed by atoms with Crippen LogP contribution >= 0.6 is 0 Å². The van der Waals surface area contributed by atoms with Crippen molar-refractivity contribution in [1.29, 1.82) is 0 Å². The number of ether oxygens (including phenoxy) is 1. The Morgan fingerprint density at radius 3 is 1.00 bits per heavy atom. The van der Waals surface area contributed by atoms with Crippen LogP contribution in [0.15, 0.2) is 30.3 Å². The second-order valence-electron chi connectivity index (χ2n) is 16.6. The fraction of sp³-hybridized carbons (Fsp3) is 0.854. The number of benzene rings is 1. The summed E-state index contributed by atoms with van der Waals surface area (Å²) in [6.07, 6.45) is 47.7. The molecule has 0 saturated heterocycles. The van der Waals surface area contributed by atoms with Gasteiger partial charge in [0.1, 0.15) is 0 Å². The van der Waals surface area contributed by atoms with Crippen molar-refractivity contribution in [3.05, 3.63) is 35.9 Å². The third kappa shape index (κ3) is 43.5. The minimum Gasteiger partial charge on any atom is -1.00 e. The van der Waals surface area contributed by atoms with E-state index in [1.807, 2.05) is 30.3 Å². The lowest BCUT2D eigenvalue weighted by atomic mass is 10.0. The molecular weight excluding hydrogens is 702 g/mol. The Labute approximate surface area is 338 Å². The van der Waals surface area contributed by atoms with Crippen LogP contribution < -0.4 is 17.0 Å². The van der Waals surface area contributed by atoms with Gasteiger partial charge in [0.2, 0.25) is 0 Å². The molecule has 0 aliphatic heterocycles. The number of halogens is 1. The molecule has 0 saturated carbocycles. The fourth-order valence-electron chi connectivity index (χ4n) is 7.24. The predicted octanol–water partition coefficient (Wildman–Crippen LogP) is 12.4. The van der Waals surface area contributed by atoms with Crippen LogP contribution in [0.3, 0.4) is 0 Å². The number of carbonyl (C=O) groups excluding carboxylic acids is 1. The number of quaternary nitrogens is 1. The molecule has 0 aromatic heterocycles. The third-order valence-electron chi connectivity index (χ3n) is 10.8. The van der Waals surface area contributed by atoms with Gasteiger partial charge in [-0.05, 0) is 31.2 Å². The van der Waals surface area contributed by atoms with Crippen molar-refractivity contribution in [1.82, 2.24) is 0 Å². The van der Waals surface area contributed by atoms with Gasteiger partial charge >= 0.3 is 5.97 Å². The van der Waals surface area contributed by atoms with Crippen LogP contribution in [0.5, 0.6) is 0 Å². The average molecular weight is 795 g/mol. The molecule has 0 atom stereocenters. The number of rotatable bonds is 37. The maximum atomic E-state index is 10.4. The predicted molar refractivity (Wildman–Crippen MR) is 228 cm³/mol. The summed E-state index contributed by atoms with van der Waals surface area (Å²) in [5.74, 6) is -0.217. The van der Waals surface area contributed by atoms with E-state index < -0.39 is 0 Å². The van der Waals surface area contributed by atoms with Crippen LogP contribution in [-0.4, -0.2) is 44.2 Å². The molecule has 0 spiro atoms. The minimum atomic E-state index is -0.217. The molecule has 0 aliphatic rings. The van der Waals surface area contributed by atoms with E-state index >= 15 is 0 Å². The highest BCUT2D eigenvalue weighted by atomic mass is 79.9. The summed E-state index contributed by atoms with van der Waals surface area (Å²) < 4.78 is 6.05. The van der Waals surface area contributed by atoms with Crippen LogP contribution in [0.25, 0.3) is 0 Å². The number of unbranched alkanes of at least 4 members (excludes halogenated alkanes) is 30. The zero-order valence-corrected chi connectivity index (χ0v) is 37.6. The molecule has 1 aromatic rings. The van der Waals surface area contributed by atoms with Gasteiger partial charge in [-0.1, -0.05) is 224 Å². The Balaban J connectivity index is 0. The second kappa shape index (κ2) is 42.9. The van der Waals surface area contributed by atoms with E-state index in [1.165, 1.54) is 236 Å². The summed E-state index contributed by atoms with van der Waals surface area (Å²) in [6, 6.07) is 9.95. The molecule has 0 N–H and O–H groups in total. The van der Waals surface area contributed by atoms with Gasteiger partial charge in [0.15, 0.2) is 0 Å². The minimum absolute atomic E-state index is 0. The van der Waals surface area contributed by atoms with Crippen molar-refractivity contribution in [2.45, 2.75) is 233 Å². The summed E-state index contributed by atoms with van der Waals surface area (Å²) in [5.41, 5.74) is 1.19. The quantitative estimate of drug-likeness (QED) is 0.0381. The summed E-state index contributed by atoms with van der Waals surface area (Å²) in [7, 11) is 4.94. The van der Waals surface area contributed by atoms with Crippen molar-refractivity contribution < 1.29 is 31.0 Å². The van der Waals surface area contributed by atoms with Crippen LogP contribution in [0.4, 0.5) is 0 Å². The smallest absolute Gasteiger partial charge is 0.302 e. The van der Waals surface area contributed by atoms with Gasteiger partial charge in [-0.25, -0.2) is 0 Å². The second-order valence-corrected chi connectivity index (χ2v) is 16.6. The third-order valence-corrected chi connectivity index (χ3v) is 10.8. The van der Waals surface area contributed by atoms with E-state index in [9.17, 15) is 4.79 Å². The van der Waals surface area contributed by atoms with Crippen molar-refractivity contribution in [2.75, 3.05) is 33.8 Å². The maximum absolute atomic E-state index is 10.4. The fourth-order valence-corrected chi connectivity index (χ4v) is 7.24. The number of hydrogen-bond donors (Lipinski definition) is 0. The SMILES string of the molecule is CC(=O)OCCc1ccccc1.CCCCCCCCCCCCCCCCCC[N+](C)(C)CCCCCCCCCCCCCCCCCC.[Br-]. The lowest BCUT2D eigenvalue weighted by Gasteiger charge is -2.30. The lowest BCUT2D eigenvalue weighted by Crippen LogP contribution is -3.00. The van der Waals surface area contributed by atoms with Crippen LogP contribution in [-0.2, 0) is 16.0 Å². The summed E-state index contributed by atoms with van der Waals surface area (Å²) >= 11 is 0. The summed E-state index contributed by atoms with van der Waals surface area (Å²) in [6.45, 7) is 9.28. The van der Waals surface area contributed by atoms with E-state index in [0.717, 1.165) is 6.42 Å². The standard InChI is InChI=1S/C38H80N.C10H12O2.BrH/c1-5-7-9-11-13-15-17-19-21-23-25-27-29-31-33-35-37-39(3,4)38-36-34-32-30-28-26-24-22-20-18-16-14-12-10-8-6-2;1-9(11)12-8-7-10-5-3-2-4-6-10;/h5-38H2,1-4H3;2-6H,7-8H2,1H3;1H/q+1;;/p-1. The highest BCUT2D eigenvalue weighted by Gasteiger charge is 2.13. The van der Waals surface area contributed by atoms with Gasteiger partial charge in [0.05, 0.1) is 33.8 Å². The first-order chi connectivity index (χ1) is 24.9. The lowest BCUT2D eigenvalue weighted by molar-refractivity contribution is -0.890. The molecule has 0 heterocycles.